The highest BCUT2D eigenvalue weighted by atomic mass is 32.2. The summed E-state index contributed by atoms with van der Waals surface area (Å²) in [6.45, 7) is 2.03. The molecule has 1 fully saturated rings. The Hall–Kier alpha value is -1.70. The molecule has 1 aliphatic heterocycles. The number of carbonyl (C=O) groups is 1. The standard InChI is InChI=1S/C16H21N3O3S/c17-16(20)12-18-7-9-19(10-8-18)23(21,22)15-6-5-13-3-1-2-4-14(13)11-15/h1-6,14H,7-12H2,(H2,17,20). The van der Waals surface area contributed by atoms with Crippen molar-refractivity contribution in [3.8, 4) is 0 Å². The van der Waals surface area contributed by atoms with Crippen LogP contribution in [0.5, 0.6) is 0 Å². The van der Waals surface area contributed by atoms with Crippen LogP contribution in [-0.4, -0.2) is 56.3 Å². The fraction of sp³-hybridized carbons (Fsp3) is 0.438. The van der Waals surface area contributed by atoms with E-state index in [9.17, 15) is 13.2 Å². The van der Waals surface area contributed by atoms with E-state index in [2.05, 4.69) is 0 Å². The summed E-state index contributed by atoms with van der Waals surface area (Å²) < 4.78 is 27.2. The van der Waals surface area contributed by atoms with Crippen molar-refractivity contribution >= 4 is 15.9 Å². The first-order chi connectivity index (χ1) is 11.0. The Bertz CT molecular complexity index is 711. The lowest BCUT2D eigenvalue weighted by atomic mass is 9.88. The van der Waals surface area contributed by atoms with Crippen LogP contribution in [0.15, 0.2) is 46.9 Å². The smallest absolute Gasteiger partial charge is 0.239 e. The zero-order valence-corrected chi connectivity index (χ0v) is 13.7. The molecule has 0 radical (unpaired) electrons. The summed E-state index contributed by atoms with van der Waals surface area (Å²) in [5, 5.41) is 0. The van der Waals surface area contributed by atoms with Gasteiger partial charge in [0.1, 0.15) is 0 Å². The van der Waals surface area contributed by atoms with Crippen molar-refractivity contribution in [1.82, 2.24) is 9.21 Å². The summed E-state index contributed by atoms with van der Waals surface area (Å²) in [6, 6.07) is 0. The number of allylic oxidation sites excluding steroid dienone is 8. The van der Waals surface area contributed by atoms with Gasteiger partial charge in [0.2, 0.25) is 15.9 Å². The zero-order chi connectivity index (χ0) is 16.4. The first kappa shape index (κ1) is 16.2. The molecule has 6 nitrogen and oxygen atoms in total. The van der Waals surface area contributed by atoms with Crippen LogP contribution in [0, 0.1) is 5.92 Å². The lowest BCUT2D eigenvalue weighted by Gasteiger charge is -2.34. The fourth-order valence-corrected chi connectivity index (χ4v) is 4.75. The molecule has 0 spiro atoms. The molecule has 2 N–H and O–H groups in total. The van der Waals surface area contributed by atoms with Crippen LogP contribution in [0.4, 0.5) is 0 Å². The minimum Gasteiger partial charge on any atom is -0.369 e. The molecule has 124 valence electrons. The number of fused-ring (bicyclic) bond motifs is 1. The summed E-state index contributed by atoms with van der Waals surface area (Å²) in [4.78, 5) is 13.3. The van der Waals surface area contributed by atoms with Crippen LogP contribution in [0.3, 0.4) is 0 Å². The van der Waals surface area contributed by atoms with Crippen molar-refractivity contribution in [2.75, 3.05) is 32.7 Å². The van der Waals surface area contributed by atoms with Gasteiger partial charge in [0, 0.05) is 32.1 Å². The van der Waals surface area contributed by atoms with Gasteiger partial charge in [-0.05, 0) is 18.1 Å². The second-order valence-electron chi connectivity index (χ2n) is 6.00. The molecule has 0 aromatic heterocycles. The molecule has 3 aliphatic rings. The minimum atomic E-state index is -3.44. The molecular weight excluding hydrogens is 314 g/mol. The van der Waals surface area contributed by atoms with Gasteiger partial charge < -0.3 is 5.73 Å². The summed E-state index contributed by atoms with van der Waals surface area (Å²) in [6.07, 6.45) is 12.1. The van der Waals surface area contributed by atoms with Crippen molar-refractivity contribution in [3.05, 3.63) is 46.9 Å². The highest BCUT2D eigenvalue weighted by molar-refractivity contribution is 7.93. The number of nitrogens with zero attached hydrogens (tertiary/aromatic N) is 2. The molecule has 23 heavy (non-hydrogen) atoms. The fourth-order valence-electron chi connectivity index (χ4n) is 3.14. The molecule has 7 heteroatoms. The average molecular weight is 335 g/mol. The maximum absolute atomic E-state index is 12.8. The number of nitrogens with two attached hydrogens (primary N) is 1. The third kappa shape index (κ3) is 3.46. The Labute approximate surface area is 136 Å². The summed E-state index contributed by atoms with van der Waals surface area (Å²) in [5.74, 6) is -0.239. The van der Waals surface area contributed by atoms with E-state index >= 15 is 0 Å². The molecule has 3 rings (SSSR count). The third-order valence-electron chi connectivity index (χ3n) is 4.44. The van der Waals surface area contributed by atoms with Gasteiger partial charge in [-0.3, -0.25) is 9.69 Å². The third-order valence-corrected chi connectivity index (χ3v) is 6.45. The van der Waals surface area contributed by atoms with Gasteiger partial charge in [-0.15, -0.1) is 0 Å². The van der Waals surface area contributed by atoms with Crippen LogP contribution in [0.25, 0.3) is 0 Å². The number of piperazine rings is 1. The van der Waals surface area contributed by atoms with Crippen molar-refractivity contribution < 1.29 is 13.2 Å². The van der Waals surface area contributed by atoms with E-state index in [0.29, 0.717) is 37.5 Å². The van der Waals surface area contributed by atoms with Gasteiger partial charge in [-0.1, -0.05) is 30.4 Å². The van der Waals surface area contributed by atoms with Gasteiger partial charge in [0.15, 0.2) is 0 Å². The lowest BCUT2D eigenvalue weighted by molar-refractivity contribution is -0.119. The second kappa shape index (κ2) is 6.43. The van der Waals surface area contributed by atoms with Crippen LogP contribution in [0.2, 0.25) is 0 Å². The number of primary amides is 1. The maximum atomic E-state index is 12.8. The maximum Gasteiger partial charge on any atom is 0.239 e. The monoisotopic (exact) mass is 335 g/mol. The molecule has 0 bridgehead atoms. The van der Waals surface area contributed by atoms with E-state index in [1.807, 2.05) is 35.3 Å². The van der Waals surface area contributed by atoms with E-state index in [0.717, 1.165) is 5.57 Å². The number of amides is 1. The SMILES string of the molecule is NC(=O)CN1CCN(S(=O)(=O)C2=CC=C3C=CC=CC3C2)CC1. The van der Waals surface area contributed by atoms with Gasteiger partial charge in [0.25, 0.3) is 0 Å². The van der Waals surface area contributed by atoms with Crippen LogP contribution < -0.4 is 5.73 Å². The number of hydrogen-bond acceptors (Lipinski definition) is 4. The Morgan fingerprint density at radius 2 is 1.91 bits per heavy atom. The lowest BCUT2D eigenvalue weighted by Crippen LogP contribution is -2.50. The summed E-state index contributed by atoms with van der Waals surface area (Å²) >= 11 is 0. The molecule has 1 amide bonds. The molecule has 0 saturated carbocycles. The van der Waals surface area contributed by atoms with Crippen molar-refractivity contribution in [2.45, 2.75) is 6.42 Å². The molecular formula is C16H21N3O3S. The largest absolute Gasteiger partial charge is 0.369 e. The normalized spacial score (nSPS) is 25.7. The van der Waals surface area contributed by atoms with E-state index in [4.69, 9.17) is 5.73 Å². The molecule has 0 aromatic carbocycles. The number of hydrogen-bond donors (Lipinski definition) is 1. The number of carbonyl (C=O) groups excluding carboxylic acids is 1. The summed E-state index contributed by atoms with van der Waals surface area (Å²) in [5.41, 5.74) is 6.33. The van der Waals surface area contributed by atoms with E-state index in [1.54, 1.807) is 6.08 Å². The first-order valence-electron chi connectivity index (χ1n) is 7.73. The highest BCUT2D eigenvalue weighted by Crippen LogP contribution is 2.33. The van der Waals surface area contributed by atoms with Gasteiger partial charge in [-0.25, -0.2) is 8.42 Å². The van der Waals surface area contributed by atoms with E-state index < -0.39 is 10.0 Å². The highest BCUT2D eigenvalue weighted by Gasteiger charge is 2.32. The van der Waals surface area contributed by atoms with Crippen molar-refractivity contribution in [3.63, 3.8) is 0 Å². The van der Waals surface area contributed by atoms with Gasteiger partial charge >= 0.3 is 0 Å². The van der Waals surface area contributed by atoms with Crippen LogP contribution in [0.1, 0.15) is 6.42 Å². The quantitative estimate of drug-likeness (QED) is 0.805. The minimum absolute atomic E-state index is 0.144. The molecule has 1 saturated heterocycles. The molecule has 1 atom stereocenters. The van der Waals surface area contributed by atoms with Gasteiger partial charge in [-0.2, -0.15) is 4.31 Å². The number of sulfonamides is 1. The second-order valence-corrected chi connectivity index (χ2v) is 7.99. The topological polar surface area (TPSA) is 83.7 Å². The van der Waals surface area contributed by atoms with Crippen molar-refractivity contribution in [2.24, 2.45) is 11.7 Å². The predicted octanol–water partition coefficient (Wildman–Crippen LogP) is 0.375. The Morgan fingerprint density at radius 1 is 1.17 bits per heavy atom. The Morgan fingerprint density at radius 3 is 2.61 bits per heavy atom. The Balaban J connectivity index is 1.70. The predicted molar refractivity (Wildman–Crippen MR) is 88.7 cm³/mol. The summed E-state index contributed by atoms with van der Waals surface area (Å²) in [7, 11) is -3.44. The molecule has 1 unspecified atom stereocenters. The van der Waals surface area contributed by atoms with Gasteiger partial charge in [0.05, 0.1) is 11.4 Å². The number of rotatable bonds is 4. The van der Waals surface area contributed by atoms with Crippen LogP contribution >= 0.6 is 0 Å². The van der Waals surface area contributed by atoms with Crippen molar-refractivity contribution in [1.29, 1.82) is 0 Å². The average Bonchev–Trinajstić information content (AvgIpc) is 2.54. The zero-order valence-electron chi connectivity index (χ0n) is 12.9. The molecule has 1 heterocycles. The Kier molecular flexibility index (Phi) is 4.52. The van der Waals surface area contributed by atoms with E-state index in [-0.39, 0.29) is 18.4 Å². The van der Waals surface area contributed by atoms with Crippen LogP contribution in [-0.2, 0) is 14.8 Å². The molecule has 2 aliphatic carbocycles. The first-order valence-corrected chi connectivity index (χ1v) is 9.17. The van der Waals surface area contributed by atoms with E-state index in [1.165, 1.54) is 4.31 Å². The molecule has 0 aromatic rings.